The highest BCUT2D eigenvalue weighted by Crippen LogP contribution is 2.45. The third kappa shape index (κ3) is 2.44. The Morgan fingerprint density at radius 3 is 2.71 bits per heavy atom. The van der Waals surface area contributed by atoms with Crippen LogP contribution in [0.1, 0.15) is 27.2 Å². The monoisotopic (exact) mass is 238 g/mol. The van der Waals surface area contributed by atoms with Crippen molar-refractivity contribution in [1.82, 2.24) is 0 Å². The second kappa shape index (κ2) is 5.50. The minimum atomic E-state index is -0.794. The molecule has 3 nitrogen and oxygen atoms in total. The third-order valence-corrected chi connectivity index (χ3v) is 3.79. The zero-order valence-corrected chi connectivity index (χ0v) is 11.1. The average molecular weight is 238 g/mol. The van der Waals surface area contributed by atoms with Gasteiger partial charge in [0, 0.05) is 19.6 Å². The van der Waals surface area contributed by atoms with E-state index >= 15 is 0 Å². The zero-order valence-electron chi connectivity index (χ0n) is 11.1. The fourth-order valence-corrected chi connectivity index (χ4v) is 2.73. The molecule has 0 radical (unpaired) electrons. The third-order valence-electron chi connectivity index (χ3n) is 3.79. The predicted molar refractivity (Wildman–Crippen MR) is 67.8 cm³/mol. The van der Waals surface area contributed by atoms with Crippen LogP contribution in [0.25, 0.3) is 0 Å². The summed E-state index contributed by atoms with van der Waals surface area (Å²) in [5.74, 6) is -0.663. The van der Waals surface area contributed by atoms with E-state index in [4.69, 9.17) is 4.74 Å². The largest absolute Gasteiger partial charge is 0.481 e. The van der Waals surface area contributed by atoms with Crippen LogP contribution in [0.5, 0.6) is 0 Å². The number of carboxylic acid groups (broad SMARTS) is 1. The van der Waals surface area contributed by atoms with Crippen LogP contribution in [0.4, 0.5) is 0 Å². The fourth-order valence-electron chi connectivity index (χ4n) is 2.73. The van der Waals surface area contributed by atoms with Crippen LogP contribution in [-0.4, -0.2) is 24.8 Å². The predicted octanol–water partition coefficient (Wildman–Crippen LogP) is 2.88. The van der Waals surface area contributed by atoms with Crippen molar-refractivity contribution < 1.29 is 14.6 Å². The summed E-state index contributed by atoms with van der Waals surface area (Å²) in [5, 5.41) is 9.63. The number of methoxy groups -OCH3 is 1. The maximum Gasteiger partial charge on any atom is 0.314 e. The van der Waals surface area contributed by atoms with Gasteiger partial charge in [0.2, 0.25) is 0 Å². The maximum atomic E-state index is 11.7. The number of allylic oxidation sites excluding steroid dienone is 3. The van der Waals surface area contributed by atoms with Crippen LogP contribution in [0.15, 0.2) is 23.8 Å². The number of ether oxygens (including phenoxy) is 1. The second-order valence-electron chi connectivity index (χ2n) is 5.00. The first-order valence-electron chi connectivity index (χ1n) is 6.05. The molecule has 0 aromatic heterocycles. The summed E-state index contributed by atoms with van der Waals surface area (Å²) in [6.45, 7) is 6.53. The molecular formula is C14H22O3. The highest BCUT2D eigenvalue weighted by Gasteiger charge is 2.47. The maximum absolute atomic E-state index is 11.7. The van der Waals surface area contributed by atoms with Crippen molar-refractivity contribution in [1.29, 1.82) is 0 Å². The molecule has 0 aliphatic heterocycles. The summed E-state index contributed by atoms with van der Waals surface area (Å²) in [6, 6.07) is 0. The zero-order chi connectivity index (χ0) is 13.1. The summed E-state index contributed by atoms with van der Waals surface area (Å²) in [7, 11) is 1.65. The molecule has 0 saturated carbocycles. The van der Waals surface area contributed by atoms with E-state index in [2.05, 4.69) is 0 Å². The summed E-state index contributed by atoms with van der Waals surface area (Å²) >= 11 is 0. The van der Waals surface area contributed by atoms with Gasteiger partial charge in [-0.2, -0.15) is 0 Å². The molecule has 0 saturated heterocycles. The van der Waals surface area contributed by atoms with Gasteiger partial charge in [-0.3, -0.25) is 4.79 Å². The smallest absolute Gasteiger partial charge is 0.314 e. The molecule has 0 aromatic rings. The van der Waals surface area contributed by atoms with E-state index in [-0.39, 0.29) is 11.8 Å². The summed E-state index contributed by atoms with van der Waals surface area (Å²) < 4.78 is 5.10. The van der Waals surface area contributed by atoms with Gasteiger partial charge in [0.15, 0.2) is 0 Å². The molecule has 0 aromatic carbocycles. The van der Waals surface area contributed by atoms with Crippen molar-refractivity contribution in [3.05, 3.63) is 23.8 Å². The Hall–Kier alpha value is -1.09. The molecule has 17 heavy (non-hydrogen) atoms. The highest BCUT2D eigenvalue weighted by molar-refractivity contribution is 5.79. The summed E-state index contributed by atoms with van der Waals surface area (Å²) in [6.07, 6.45) is 6.46. The second-order valence-corrected chi connectivity index (χ2v) is 5.00. The lowest BCUT2D eigenvalue weighted by molar-refractivity contribution is -0.151. The minimum absolute atomic E-state index is 0.0185. The topological polar surface area (TPSA) is 46.5 Å². The molecule has 1 N–H and O–H groups in total. The first-order chi connectivity index (χ1) is 7.96. The van der Waals surface area contributed by atoms with Crippen molar-refractivity contribution in [3.8, 4) is 0 Å². The number of carboxylic acids is 1. The highest BCUT2D eigenvalue weighted by atomic mass is 16.5. The SMILES string of the molecule is COCCC1C(C)=CC=CC1(C(=O)O)C(C)C. The molecule has 96 valence electrons. The molecule has 0 spiro atoms. The van der Waals surface area contributed by atoms with Crippen LogP contribution in [0.2, 0.25) is 0 Å². The van der Waals surface area contributed by atoms with Crippen LogP contribution < -0.4 is 0 Å². The van der Waals surface area contributed by atoms with Crippen LogP contribution in [0, 0.1) is 17.3 Å². The van der Waals surface area contributed by atoms with E-state index in [0.29, 0.717) is 6.61 Å². The molecule has 1 rings (SSSR count). The quantitative estimate of drug-likeness (QED) is 0.801. The average Bonchev–Trinajstić information content (AvgIpc) is 2.26. The van der Waals surface area contributed by atoms with E-state index in [0.717, 1.165) is 12.0 Å². The molecule has 0 heterocycles. The van der Waals surface area contributed by atoms with Crippen LogP contribution >= 0.6 is 0 Å². The van der Waals surface area contributed by atoms with Gasteiger partial charge in [-0.25, -0.2) is 0 Å². The molecule has 1 aliphatic rings. The normalized spacial score (nSPS) is 28.3. The molecule has 1 aliphatic carbocycles. The minimum Gasteiger partial charge on any atom is -0.481 e. The van der Waals surface area contributed by atoms with Crippen molar-refractivity contribution >= 4 is 5.97 Å². The lowest BCUT2D eigenvalue weighted by atomic mass is 9.62. The van der Waals surface area contributed by atoms with Crippen molar-refractivity contribution in [2.45, 2.75) is 27.2 Å². The van der Waals surface area contributed by atoms with E-state index in [9.17, 15) is 9.90 Å². The molecule has 3 heteroatoms. The number of hydrogen-bond donors (Lipinski definition) is 1. The Balaban J connectivity index is 3.12. The van der Waals surface area contributed by atoms with Gasteiger partial charge >= 0.3 is 5.97 Å². The Labute approximate surface area is 103 Å². The number of carbonyl (C=O) groups is 1. The van der Waals surface area contributed by atoms with Gasteiger partial charge in [0.1, 0.15) is 0 Å². The summed E-state index contributed by atoms with van der Waals surface area (Å²) in [5.41, 5.74) is 0.331. The number of aliphatic carboxylic acids is 1. The van der Waals surface area contributed by atoms with Crippen molar-refractivity contribution in [2.75, 3.05) is 13.7 Å². The number of rotatable bonds is 5. The van der Waals surface area contributed by atoms with Crippen molar-refractivity contribution in [2.24, 2.45) is 17.3 Å². The molecule has 2 unspecified atom stereocenters. The van der Waals surface area contributed by atoms with Crippen LogP contribution in [0.3, 0.4) is 0 Å². The van der Waals surface area contributed by atoms with E-state index < -0.39 is 11.4 Å². The molecule has 0 fully saturated rings. The van der Waals surface area contributed by atoms with Gasteiger partial charge in [-0.05, 0) is 19.3 Å². The van der Waals surface area contributed by atoms with Gasteiger partial charge in [0.25, 0.3) is 0 Å². The van der Waals surface area contributed by atoms with E-state index in [1.54, 1.807) is 7.11 Å². The number of hydrogen-bond acceptors (Lipinski definition) is 2. The molecular weight excluding hydrogens is 216 g/mol. The van der Waals surface area contributed by atoms with Crippen molar-refractivity contribution in [3.63, 3.8) is 0 Å². The first kappa shape index (κ1) is 14.0. The Morgan fingerprint density at radius 1 is 1.59 bits per heavy atom. The molecule has 0 amide bonds. The van der Waals surface area contributed by atoms with Gasteiger partial charge in [0.05, 0.1) is 5.41 Å². The molecule has 0 bridgehead atoms. The van der Waals surface area contributed by atoms with Gasteiger partial charge in [-0.15, -0.1) is 0 Å². The lowest BCUT2D eigenvalue weighted by Crippen LogP contribution is -2.43. The van der Waals surface area contributed by atoms with Gasteiger partial charge in [-0.1, -0.05) is 37.6 Å². The first-order valence-corrected chi connectivity index (χ1v) is 6.05. The van der Waals surface area contributed by atoms with Crippen LogP contribution in [-0.2, 0) is 9.53 Å². The standard InChI is InChI=1S/C14H22O3/c1-10(2)14(13(15)16)8-5-6-11(3)12(14)7-9-17-4/h5-6,8,10,12H,7,9H2,1-4H3,(H,15,16). The summed E-state index contributed by atoms with van der Waals surface area (Å²) in [4.78, 5) is 11.7. The Bertz CT molecular complexity index is 341. The van der Waals surface area contributed by atoms with Gasteiger partial charge < -0.3 is 9.84 Å². The lowest BCUT2D eigenvalue weighted by Gasteiger charge is -2.40. The Kier molecular flexibility index (Phi) is 4.52. The van der Waals surface area contributed by atoms with E-state index in [1.807, 2.05) is 39.0 Å². The Morgan fingerprint density at radius 2 is 2.24 bits per heavy atom. The molecule has 2 atom stereocenters. The van der Waals surface area contributed by atoms with E-state index in [1.165, 1.54) is 0 Å². The fraction of sp³-hybridized carbons (Fsp3) is 0.643.